The molecule has 34 nitrogen and oxygen atoms in total. The van der Waals surface area contributed by atoms with Gasteiger partial charge in [0.05, 0.1) is 47.8 Å². The Kier molecular flexibility index (Phi) is 72.2. The van der Waals surface area contributed by atoms with E-state index in [1.54, 1.807) is 0 Å². The van der Waals surface area contributed by atoms with Crippen LogP contribution in [0.25, 0.3) is 11.4 Å². The Hall–Kier alpha value is -6.63. The number of hydrogen-bond donors (Lipinski definition) is 16. The summed E-state index contributed by atoms with van der Waals surface area (Å²) < 4.78 is 45.0. The number of nitrogens with two attached hydrogens (primary N) is 3. The van der Waals surface area contributed by atoms with Crippen molar-refractivity contribution in [3.8, 4) is 11.4 Å². The summed E-state index contributed by atoms with van der Waals surface area (Å²) in [5.41, 5.74) is 22.0. The van der Waals surface area contributed by atoms with Gasteiger partial charge in [-0.05, 0) is 220 Å². The van der Waals surface area contributed by atoms with Crippen molar-refractivity contribution < 1.29 is 56.1 Å². The van der Waals surface area contributed by atoms with E-state index in [1.807, 2.05) is 83.8 Å². The van der Waals surface area contributed by atoms with E-state index in [9.17, 15) is 40.8 Å². The van der Waals surface area contributed by atoms with E-state index in [0.717, 1.165) is 132 Å². The fourth-order valence-electron chi connectivity index (χ4n) is 11.0. The number of rotatable bonds is 34. The summed E-state index contributed by atoms with van der Waals surface area (Å²) in [6, 6.07) is 23.6. The van der Waals surface area contributed by atoms with Crippen LogP contribution in [0.4, 0.5) is 0 Å². The van der Waals surface area contributed by atoms with Crippen LogP contribution >= 0.6 is 0 Å². The molecule has 118 heavy (non-hydrogen) atoms. The Morgan fingerprint density at radius 3 is 1.23 bits per heavy atom. The van der Waals surface area contributed by atoms with Gasteiger partial charge < -0.3 is 105 Å². The first-order chi connectivity index (χ1) is 56.6. The topological polar surface area (TPSA) is 480 Å². The summed E-state index contributed by atoms with van der Waals surface area (Å²) in [5.74, 6) is -3.90. The third-order valence-electron chi connectivity index (χ3n) is 17.9. The van der Waals surface area contributed by atoms with E-state index in [-0.39, 0.29) is 32.4 Å². The van der Waals surface area contributed by atoms with Crippen LogP contribution in [0.5, 0.6) is 0 Å². The number of Topliss-reactive ketones (excluding diaryl/α,β-unsaturated/α-hetero) is 1. The van der Waals surface area contributed by atoms with Crippen molar-refractivity contribution in [3.05, 3.63) is 108 Å². The Bertz CT molecular complexity index is 3070. The van der Waals surface area contributed by atoms with Gasteiger partial charge in [-0.1, -0.05) is 37.1 Å². The third kappa shape index (κ3) is 77.9. The molecular weight excluding hydrogens is 1550 g/mol. The summed E-state index contributed by atoms with van der Waals surface area (Å²) in [4.78, 5) is 81.9. The molecule has 19 N–H and O–H groups in total. The second-order valence-electron chi connectivity index (χ2n) is 29.5. The quantitative estimate of drug-likeness (QED) is 0.0296. The van der Waals surface area contributed by atoms with Gasteiger partial charge in [0.15, 0.2) is 15.6 Å². The van der Waals surface area contributed by atoms with Crippen LogP contribution < -0.4 is 69.8 Å². The van der Waals surface area contributed by atoms with Gasteiger partial charge in [-0.25, -0.2) is 26.8 Å². The molecule has 0 saturated carbocycles. The number of likely N-dealkylation sites (N-methyl/N-ethyl adjacent to an activating group) is 5. The lowest BCUT2D eigenvalue weighted by Crippen LogP contribution is -2.42. The Morgan fingerprint density at radius 2 is 0.805 bits per heavy atom. The number of carboxylic acids is 3. The second-order valence-corrected chi connectivity index (χ2v) is 33.3. The van der Waals surface area contributed by atoms with E-state index >= 15 is 0 Å². The minimum atomic E-state index is -3.52. The Labute approximate surface area is 707 Å². The molecule has 1 amide bonds. The van der Waals surface area contributed by atoms with Gasteiger partial charge in [-0.15, -0.1) is 0 Å². The number of nitrogens with zero attached hydrogens (tertiary/aromatic N) is 9. The Balaban J connectivity index is 0.00000134. The highest BCUT2D eigenvalue weighted by Gasteiger charge is 2.13. The number of carbonyl (C=O) groups is 5. The number of pyridine rings is 4. The molecule has 0 aliphatic carbocycles. The molecule has 676 valence electrons. The number of aromatic nitrogens is 4. The van der Waals surface area contributed by atoms with Crippen LogP contribution in [0.1, 0.15) is 132 Å². The smallest absolute Gasteiger partial charge is 0.317 e. The molecule has 3 fully saturated rings. The maximum atomic E-state index is 11.2. The largest absolute Gasteiger partial charge is 0.481 e. The van der Waals surface area contributed by atoms with Gasteiger partial charge in [0.1, 0.15) is 5.75 Å². The van der Waals surface area contributed by atoms with Crippen molar-refractivity contribution in [2.45, 2.75) is 135 Å². The molecule has 36 heteroatoms. The molecule has 7 rings (SSSR count). The first kappa shape index (κ1) is 111. The lowest BCUT2D eigenvalue weighted by atomic mass is 10.2. The van der Waals surface area contributed by atoms with E-state index in [0.29, 0.717) is 58.4 Å². The molecule has 4 aromatic rings. The van der Waals surface area contributed by atoms with E-state index in [4.69, 9.17) is 32.5 Å². The van der Waals surface area contributed by atoms with Crippen LogP contribution in [-0.2, 0) is 69.9 Å². The maximum absolute atomic E-state index is 11.2. The first-order valence-corrected chi connectivity index (χ1v) is 46.1. The van der Waals surface area contributed by atoms with Gasteiger partial charge in [0.2, 0.25) is 15.9 Å². The molecule has 0 unspecified atom stereocenters. The highest BCUT2D eigenvalue weighted by molar-refractivity contribution is 7.91. The fourth-order valence-corrected chi connectivity index (χ4v) is 12.2. The average molecular weight is 1700 g/mol. The predicted octanol–water partition coefficient (Wildman–Crippen LogP) is 1.74. The molecule has 0 radical (unpaired) electrons. The van der Waals surface area contributed by atoms with Gasteiger partial charge in [0.25, 0.3) is 0 Å². The van der Waals surface area contributed by atoms with E-state index in [2.05, 4.69) is 134 Å². The number of hydrogen-bond acceptors (Lipinski definition) is 30. The van der Waals surface area contributed by atoms with Crippen molar-refractivity contribution in [3.63, 3.8) is 0 Å². The number of sulfone groups is 1. The number of nitrogens with one attached hydrogen (secondary N) is 10. The van der Waals surface area contributed by atoms with Crippen LogP contribution in [0.3, 0.4) is 0 Å². The molecule has 3 saturated heterocycles. The highest BCUT2D eigenvalue weighted by Crippen LogP contribution is 2.15. The number of unbranched alkanes of at least 4 members (excludes halogenated alkanes) is 4. The van der Waals surface area contributed by atoms with Crippen molar-refractivity contribution in [2.24, 2.45) is 17.2 Å². The monoisotopic (exact) mass is 1700 g/mol. The van der Waals surface area contributed by atoms with Crippen LogP contribution in [-0.4, -0.2) is 343 Å². The number of sulfonamides is 1. The fraction of sp³-hybridized carbons (Fsp3) is 0.695. The zero-order valence-corrected chi connectivity index (χ0v) is 74.2. The zero-order valence-electron chi connectivity index (χ0n) is 72.5. The Morgan fingerprint density at radius 1 is 0.407 bits per heavy atom. The number of aliphatic carboxylic acids is 3. The molecular formula is C82H154N22O12S2. The number of aryl methyl sites for hydroxylation is 1. The number of carboxylic acid groups (broad SMARTS) is 3. The van der Waals surface area contributed by atoms with E-state index < -0.39 is 55.2 Å². The van der Waals surface area contributed by atoms with Gasteiger partial charge in [-0.3, -0.25) is 38.7 Å². The summed E-state index contributed by atoms with van der Waals surface area (Å²) in [6.45, 7) is 29.1. The van der Waals surface area contributed by atoms with Gasteiger partial charge in [-0.2, -0.15) is 0 Å². The highest BCUT2D eigenvalue weighted by atomic mass is 32.2. The van der Waals surface area contributed by atoms with Gasteiger partial charge in [0, 0.05) is 181 Å². The summed E-state index contributed by atoms with van der Waals surface area (Å²) >= 11 is 0. The lowest BCUT2D eigenvalue weighted by Gasteiger charge is -2.28. The lowest BCUT2D eigenvalue weighted by molar-refractivity contribution is -0.138. The van der Waals surface area contributed by atoms with Crippen LogP contribution in [0.2, 0.25) is 0 Å². The number of amides is 1. The van der Waals surface area contributed by atoms with Crippen molar-refractivity contribution in [2.75, 3.05) is 237 Å². The van der Waals surface area contributed by atoms with E-state index in [1.165, 1.54) is 142 Å². The zero-order chi connectivity index (χ0) is 87.4. The molecule has 3 aliphatic rings. The average Bonchev–Trinajstić information content (AvgIpc) is 0.849. The summed E-state index contributed by atoms with van der Waals surface area (Å²) in [6.07, 6.45) is 21.5. The molecule has 4 aromatic heterocycles. The standard InChI is InChI=1S/C15H19N3.C12H14N4.C12H28N4.C10H23N3.C10H20N2O6S2.C9H21N3.C7H16N2O2.C7H13NO4/c1(7-14-8-2-5-11-17-14)4-10-16-13-15-9-3-6-12-18-15;13-7-9-3-1-5-11(15-9)12-6-2-4-10(8-14)16-12;1-13-5-7-14(2)9-11-16(4)12-10-15(3)8-6-13;1-13-9-4-2-3-5-11-6-7-12-8-10-13;1-19(15,16)8-9(13)7-11-6-4-3-5-10(14)12-20(2,17)18;1-2-4-10-6-8-12-9-7-11-5-3-1;8-4-6-9-5-2-1-3-7(10)11;9-6(10)3-1-2-4-8-5-7(11)12/h2-3,5-6,8-9,11-12,16H,1,4,7,10,13H2;1-6H,7-8,13-14H2;5-12H2,1-4H3;11-12H,2-10H2,1H3;11H,3-8H2,1-2H3,(H,12,14);10-12H,1-9H2;9H,1-6,8H2,(H,10,11);8H,1-5H2,(H,9,10)(H,11,12). The van der Waals surface area contributed by atoms with Crippen molar-refractivity contribution in [1.29, 1.82) is 0 Å². The number of carbonyl (C=O) groups excluding carboxylic acids is 2. The van der Waals surface area contributed by atoms with Crippen LogP contribution in [0.15, 0.2) is 85.2 Å². The first-order valence-electron chi connectivity index (χ1n) is 42.1. The molecule has 3 aliphatic heterocycles. The minimum absolute atomic E-state index is 0.0391. The molecule has 0 spiro atoms. The van der Waals surface area contributed by atoms with Crippen molar-refractivity contribution in [1.82, 2.24) is 97.0 Å². The van der Waals surface area contributed by atoms with Crippen molar-refractivity contribution >= 4 is 49.5 Å². The number of ketones is 1. The molecule has 0 aromatic carbocycles. The molecule has 0 atom stereocenters. The maximum Gasteiger partial charge on any atom is 0.317 e. The minimum Gasteiger partial charge on any atom is -0.481 e. The third-order valence-corrected chi connectivity index (χ3v) is 19.3. The van der Waals surface area contributed by atoms with Gasteiger partial charge >= 0.3 is 17.9 Å². The molecule has 0 bridgehead atoms. The SMILES string of the molecule is C1CCNCCNCCNCC1.CN1CCCCCNCCNCC1.CN1CCN(C)CCN(C)CCN(C)CC1.CS(=O)(=O)CC(=O)CNCCCCC(=O)NS(C)(=O)=O.NCCNCCCCC(=O)O.NCc1cccc(-c2cccc(CN)n2)n1.O=C(O)CCCCNCC(=O)O.c1ccc(CCCCNCc2ccccn2)nc1. The van der Waals surface area contributed by atoms with Crippen LogP contribution in [0, 0.1) is 0 Å². The summed E-state index contributed by atoms with van der Waals surface area (Å²) in [7, 11) is 4.29. The summed E-state index contributed by atoms with van der Waals surface area (Å²) in [5, 5.41) is 53.7. The molecule has 7 heterocycles. The second kappa shape index (κ2) is 76.5. The predicted molar refractivity (Wildman–Crippen MR) is 476 cm³/mol. The normalized spacial score (nSPS) is 15.7.